The van der Waals surface area contributed by atoms with E-state index in [9.17, 15) is 24.5 Å². The minimum Gasteiger partial charge on any atom is -0.482 e. The normalized spacial score (nSPS) is 13.0. The van der Waals surface area contributed by atoms with Crippen LogP contribution in [0.15, 0.2) is 18.2 Å². The molecule has 0 radical (unpaired) electrons. The van der Waals surface area contributed by atoms with Gasteiger partial charge in [0, 0.05) is 25.1 Å². The maximum atomic E-state index is 12.0. The third-order valence-electron chi connectivity index (χ3n) is 3.54. The number of aliphatic carboxylic acids is 1. The van der Waals surface area contributed by atoms with Crippen LogP contribution in [0, 0.1) is 10.1 Å². The Morgan fingerprint density at radius 1 is 1.36 bits per heavy atom. The third-order valence-corrected chi connectivity index (χ3v) is 3.54. The predicted octanol–water partition coefficient (Wildman–Crippen LogP) is 0.691. The SMILES string of the molecule is O=C(O)CCCCNC(=O)CN1C(=O)COc2ccc([N+](=O)[O-])cc21. The number of ether oxygens (including phenoxy) is 1. The summed E-state index contributed by atoms with van der Waals surface area (Å²) in [5.41, 5.74) is -0.0393. The highest BCUT2D eigenvalue weighted by Crippen LogP contribution is 2.35. The minimum absolute atomic E-state index is 0.0227. The number of nitro benzene ring substituents is 1. The van der Waals surface area contributed by atoms with E-state index in [0.717, 1.165) is 4.90 Å². The Morgan fingerprint density at radius 3 is 2.80 bits per heavy atom. The van der Waals surface area contributed by atoms with Gasteiger partial charge in [0.15, 0.2) is 6.61 Å². The second-order valence-electron chi connectivity index (χ2n) is 5.38. The molecular weight excluding hydrogens is 334 g/mol. The summed E-state index contributed by atoms with van der Waals surface area (Å²) in [7, 11) is 0. The molecule has 0 aromatic heterocycles. The zero-order chi connectivity index (χ0) is 18.4. The van der Waals surface area contributed by atoms with Gasteiger partial charge in [-0.2, -0.15) is 0 Å². The number of unbranched alkanes of at least 4 members (excludes halogenated alkanes) is 1. The predicted molar refractivity (Wildman–Crippen MR) is 85.4 cm³/mol. The lowest BCUT2D eigenvalue weighted by molar-refractivity contribution is -0.384. The summed E-state index contributed by atoms with van der Waals surface area (Å²) < 4.78 is 5.22. The summed E-state index contributed by atoms with van der Waals surface area (Å²) in [6, 6.07) is 3.83. The number of carboxylic acids is 1. The molecule has 2 amide bonds. The molecule has 10 heteroatoms. The molecule has 0 aliphatic carbocycles. The van der Waals surface area contributed by atoms with Gasteiger partial charge in [0.25, 0.3) is 11.6 Å². The first-order valence-electron chi connectivity index (χ1n) is 7.58. The molecule has 1 aliphatic heterocycles. The van der Waals surface area contributed by atoms with Crippen LogP contribution in [0.2, 0.25) is 0 Å². The number of nitrogens with one attached hydrogen (secondary N) is 1. The average molecular weight is 351 g/mol. The van der Waals surface area contributed by atoms with Crippen LogP contribution in [0.1, 0.15) is 19.3 Å². The van der Waals surface area contributed by atoms with Crippen molar-refractivity contribution in [2.75, 3.05) is 24.6 Å². The summed E-state index contributed by atoms with van der Waals surface area (Å²) >= 11 is 0. The zero-order valence-corrected chi connectivity index (χ0v) is 13.3. The third kappa shape index (κ3) is 4.90. The number of benzene rings is 1. The number of fused-ring (bicyclic) bond motifs is 1. The Kier molecular flexibility index (Phi) is 5.88. The van der Waals surface area contributed by atoms with Crippen molar-refractivity contribution in [3.8, 4) is 5.75 Å². The molecule has 0 bridgehead atoms. The van der Waals surface area contributed by atoms with E-state index in [-0.39, 0.29) is 37.5 Å². The Balaban J connectivity index is 1.98. The van der Waals surface area contributed by atoms with E-state index < -0.39 is 22.7 Å². The second kappa shape index (κ2) is 8.08. The summed E-state index contributed by atoms with van der Waals surface area (Å²) in [6.45, 7) is -0.265. The number of amides is 2. The van der Waals surface area contributed by atoms with Gasteiger partial charge in [-0.25, -0.2) is 0 Å². The number of carbonyl (C=O) groups excluding carboxylic acids is 2. The second-order valence-corrected chi connectivity index (χ2v) is 5.38. The van der Waals surface area contributed by atoms with Crippen LogP contribution in [-0.2, 0) is 14.4 Å². The lowest BCUT2D eigenvalue weighted by Gasteiger charge is -2.28. The number of non-ortho nitro benzene ring substituents is 1. The summed E-state index contributed by atoms with van der Waals surface area (Å²) in [6.07, 6.45) is 0.952. The number of nitro groups is 1. The molecule has 1 aliphatic rings. The largest absolute Gasteiger partial charge is 0.482 e. The lowest BCUT2D eigenvalue weighted by Crippen LogP contribution is -2.45. The monoisotopic (exact) mass is 351 g/mol. The highest BCUT2D eigenvalue weighted by molar-refractivity contribution is 6.02. The van der Waals surface area contributed by atoms with Crippen molar-refractivity contribution in [1.29, 1.82) is 0 Å². The average Bonchev–Trinajstić information content (AvgIpc) is 2.56. The fourth-order valence-electron chi connectivity index (χ4n) is 2.31. The first kappa shape index (κ1) is 18.2. The van der Waals surface area contributed by atoms with Crippen molar-refractivity contribution < 1.29 is 29.2 Å². The molecule has 0 spiro atoms. The Bertz CT molecular complexity index is 704. The standard InChI is InChI=1S/C15H17N3O7/c19-13(16-6-2-1-3-15(21)22)8-17-11-7-10(18(23)24)4-5-12(11)25-9-14(17)20/h4-5,7H,1-3,6,8-9H2,(H,16,19)(H,21,22). The topological polar surface area (TPSA) is 139 Å². The van der Waals surface area contributed by atoms with E-state index in [1.165, 1.54) is 18.2 Å². The van der Waals surface area contributed by atoms with Gasteiger partial charge in [-0.05, 0) is 18.9 Å². The first-order valence-corrected chi connectivity index (χ1v) is 7.58. The van der Waals surface area contributed by atoms with Gasteiger partial charge in [-0.3, -0.25) is 29.4 Å². The Labute approximate surface area is 142 Å². The molecular formula is C15H17N3O7. The van der Waals surface area contributed by atoms with Crippen LogP contribution in [0.25, 0.3) is 0 Å². The maximum Gasteiger partial charge on any atom is 0.303 e. The number of nitrogens with zero attached hydrogens (tertiary/aromatic N) is 2. The number of hydrogen-bond donors (Lipinski definition) is 2. The Hall–Kier alpha value is -3.17. The van der Waals surface area contributed by atoms with E-state index in [0.29, 0.717) is 18.6 Å². The summed E-state index contributed by atoms with van der Waals surface area (Å²) in [4.78, 5) is 45.8. The fourth-order valence-corrected chi connectivity index (χ4v) is 2.31. The van der Waals surface area contributed by atoms with Gasteiger partial charge in [-0.15, -0.1) is 0 Å². The highest BCUT2D eigenvalue weighted by atomic mass is 16.6. The fraction of sp³-hybridized carbons (Fsp3) is 0.400. The van der Waals surface area contributed by atoms with E-state index in [4.69, 9.17) is 9.84 Å². The molecule has 2 rings (SSSR count). The molecule has 134 valence electrons. The number of carbonyl (C=O) groups is 3. The summed E-state index contributed by atoms with van der Waals surface area (Å²) in [5.74, 6) is -1.53. The Morgan fingerprint density at radius 2 is 2.12 bits per heavy atom. The number of anilines is 1. The van der Waals surface area contributed by atoms with Crippen molar-refractivity contribution in [1.82, 2.24) is 5.32 Å². The van der Waals surface area contributed by atoms with Crippen LogP contribution >= 0.6 is 0 Å². The van der Waals surface area contributed by atoms with Crippen molar-refractivity contribution in [3.63, 3.8) is 0 Å². The molecule has 10 nitrogen and oxygen atoms in total. The van der Waals surface area contributed by atoms with Crippen molar-refractivity contribution in [2.45, 2.75) is 19.3 Å². The first-order chi connectivity index (χ1) is 11.9. The van der Waals surface area contributed by atoms with E-state index >= 15 is 0 Å². The molecule has 1 aromatic rings. The van der Waals surface area contributed by atoms with Gasteiger partial charge in [0.2, 0.25) is 5.91 Å². The van der Waals surface area contributed by atoms with Crippen molar-refractivity contribution in [2.24, 2.45) is 0 Å². The van der Waals surface area contributed by atoms with Gasteiger partial charge in [0.1, 0.15) is 12.3 Å². The highest BCUT2D eigenvalue weighted by Gasteiger charge is 2.29. The van der Waals surface area contributed by atoms with Crippen molar-refractivity contribution >= 4 is 29.2 Å². The van der Waals surface area contributed by atoms with E-state index in [2.05, 4.69) is 5.32 Å². The van der Waals surface area contributed by atoms with E-state index in [1.807, 2.05) is 0 Å². The molecule has 1 aromatic carbocycles. The minimum atomic E-state index is -0.900. The zero-order valence-electron chi connectivity index (χ0n) is 13.3. The van der Waals surface area contributed by atoms with Crippen LogP contribution in [0.3, 0.4) is 0 Å². The number of carboxylic acid groups (broad SMARTS) is 1. The number of hydrogen-bond acceptors (Lipinski definition) is 6. The van der Waals surface area contributed by atoms with Gasteiger partial charge in [0.05, 0.1) is 10.6 Å². The molecule has 0 saturated heterocycles. The molecule has 0 atom stereocenters. The quantitative estimate of drug-likeness (QED) is 0.399. The van der Waals surface area contributed by atoms with Crippen molar-refractivity contribution in [3.05, 3.63) is 28.3 Å². The molecule has 0 unspecified atom stereocenters. The van der Waals surface area contributed by atoms with Crippen LogP contribution in [0.5, 0.6) is 5.75 Å². The van der Waals surface area contributed by atoms with Crippen LogP contribution in [-0.4, -0.2) is 47.5 Å². The molecule has 2 N–H and O–H groups in total. The molecule has 1 heterocycles. The summed E-state index contributed by atoms with van der Waals surface area (Å²) in [5, 5.41) is 22.0. The maximum absolute atomic E-state index is 12.0. The van der Waals surface area contributed by atoms with Gasteiger partial charge < -0.3 is 15.2 Å². The molecule has 25 heavy (non-hydrogen) atoms. The van der Waals surface area contributed by atoms with Crippen LogP contribution < -0.4 is 15.0 Å². The van der Waals surface area contributed by atoms with Gasteiger partial charge in [-0.1, -0.05) is 0 Å². The van der Waals surface area contributed by atoms with E-state index in [1.54, 1.807) is 0 Å². The van der Waals surface area contributed by atoms with Crippen LogP contribution in [0.4, 0.5) is 11.4 Å². The molecule has 0 fully saturated rings. The molecule has 0 saturated carbocycles. The smallest absolute Gasteiger partial charge is 0.303 e. The number of rotatable bonds is 8. The lowest BCUT2D eigenvalue weighted by atomic mass is 10.2. The van der Waals surface area contributed by atoms with Gasteiger partial charge >= 0.3 is 5.97 Å².